The van der Waals surface area contributed by atoms with Crippen molar-refractivity contribution in [1.29, 1.82) is 0 Å². The summed E-state index contributed by atoms with van der Waals surface area (Å²) in [7, 11) is 2.16. The van der Waals surface area contributed by atoms with Gasteiger partial charge in [0.15, 0.2) is 0 Å². The summed E-state index contributed by atoms with van der Waals surface area (Å²) in [6.45, 7) is 5.14. The molecule has 0 bridgehead atoms. The molecule has 94 valence electrons. The minimum absolute atomic E-state index is 0.642. The number of likely N-dealkylation sites (tertiary alicyclic amines) is 1. The molecule has 0 spiro atoms. The number of nitrogen functional groups attached to an aromatic ring is 1. The fraction of sp³-hybridized carbons (Fsp3) is 0.636. The van der Waals surface area contributed by atoms with E-state index in [4.69, 9.17) is 5.84 Å². The van der Waals surface area contributed by atoms with Gasteiger partial charge in [0.1, 0.15) is 17.5 Å². The first-order valence-electron chi connectivity index (χ1n) is 5.92. The summed E-state index contributed by atoms with van der Waals surface area (Å²) in [4.78, 5) is 10.8. The molecule has 1 saturated heterocycles. The molecule has 6 nitrogen and oxygen atoms in total. The number of aryl methyl sites for hydroxylation is 1. The third-order valence-electron chi connectivity index (χ3n) is 3.05. The van der Waals surface area contributed by atoms with Crippen molar-refractivity contribution < 1.29 is 0 Å². The quantitative estimate of drug-likeness (QED) is 0.520. The second-order valence-corrected chi connectivity index (χ2v) is 4.63. The van der Waals surface area contributed by atoms with Gasteiger partial charge >= 0.3 is 0 Å². The molecule has 0 aliphatic carbocycles. The Morgan fingerprint density at radius 2 is 2.24 bits per heavy atom. The van der Waals surface area contributed by atoms with Crippen molar-refractivity contribution in [3.8, 4) is 0 Å². The van der Waals surface area contributed by atoms with Crippen molar-refractivity contribution in [1.82, 2.24) is 14.9 Å². The minimum atomic E-state index is 0.642. The molecule has 1 aromatic heterocycles. The Hall–Kier alpha value is -1.40. The van der Waals surface area contributed by atoms with Crippen LogP contribution >= 0.6 is 0 Å². The van der Waals surface area contributed by atoms with Crippen LogP contribution in [0.4, 0.5) is 11.6 Å². The van der Waals surface area contributed by atoms with E-state index in [0.717, 1.165) is 18.9 Å². The Bertz CT molecular complexity index is 380. The van der Waals surface area contributed by atoms with Crippen LogP contribution in [0, 0.1) is 12.8 Å². The van der Waals surface area contributed by atoms with E-state index in [9.17, 15) is 0 Å². The lowest BCUT2D eigenvalue weighted by molar-refractivity contribution is 0.399. The van der Waals surface area contributed by atoms with Gasteiger partial charge in [-0.3, -0.25) is 0 Å². The van der Waals surface area contributed by atoms with E-state index in [-0.39, 0.29) is 0 Å². The van der Waals surface area contributed by atoms with E-state index in [1.165, 1.54) is 13.0 Å². The van der Waals surface area contributed by atoms with Crippen molar-refractivity contribution in [3.05, 3.63) is 11.9 Å². The maximum atomic E-state index is 5.35. The number of nitrogens with two attached hydrogens (primary N) is 1. The molecule has 1 fully saturated rings. The zero-order valence-electron chi connectivity index (χ0n) is 10.4. The zero-order chi connectivity index (χ0) is 12.3. The van der Waals surface area contributed by atoms with Gasteiger partial charge in [-0.25, -0.2) is 15.8 Å². The van der Waals surface area contributed by atoms with Gasteiger partial charge in [0, 0.05) is 19.2 Å². The fourth-order valence-corrected chi connectivity index (χ4v) is 2.17. The van der Waals surface area contributed by atoms with Crippen LogP contribution in [0.15, 0.2) is 6.07 Å². The molecule has 1 unspecified atom stereocenters. The molecule has 2 rings (SSSR count). The highest BCUT2D eigenvalue weighted by atomic mass is 15.3. The molecule has 1 aliphatic rings. The minimum Gasteiger partial charge on any atom is -0.370 e. The van der Waals surface area contributed by atoms with Gasteiger partial charge in [0.2, 0.25) is 0 Å². The van der Waals surface area contributed by atoms with Crippen molar-refractivity contribution >= 4 is 11.6 Å². The molecule has 1 aromatic rings. The van der Waals surface area contributed by atoms with Crippen molar-refractivity contribution in [3.63, 3.8) is 0 Å². The van der Waals surface area contributed by atoms with Crippen LogP contribution in [0.1, 0.15) is 12.2 Å². The summed E-state index contributed by atoms with van der Waals surface area (Å²) < 4.78 is 0. The predicted molar refractivity (Wildman–Crippen MR) is 68.7 cm³/mol. The zero-order valence-corrected chi connectivity index (χ0v) is 10.4. The molecule has 6 heteroatoms. The van der Waals surface area contributed by atoms with Crippen LogP contribution < -0.4 is 16.6 Å². The van der Waals surface area contributed by atoms with Gasteiger partial charge in [0.25, 0.3) is 0 Å². The number of hydrogen-bond donors (Lipinski definition) is 3. The maximum absolute atomic E-state index is 5.35. The average Bonchev–Trinajstić information content (AvgIpc) is 2.72. The van der Waals surface area contributed by atoms with Crippen LogP contribution in [0.25, 0.3) is 0 Å². The second-order valence-electron chi connectivity index (χ2n) is 4.63. The number of hydrazine groups is 1. The van der Waals surface area contributed by atoms with Gasteiger partial charge in [-0.1, -0.05) is 0 Å². The normalized spacial score (nSPS) is 20.5. The monoisotopic (exact) mass is 236 g/mol. The van der Waals surface area contributed by atoms with Crippen LogP contribution in [-0.4, -0.2) is 41.5 Å². The summed E-state index contributed by atoms with van der Waals surface area (Å²) in [5.41, 5.74) is 2.54. The van der Waals surface area contributed by atoms with Crippen molar-refractivity contribution in [2.24, 2.45) is 11.8 Å². The molecule has 17 heavy (non-hydrogen) atoms. The number of rotatable bonds is 4. The smallest absolute Gasteiger partial charge is 0.145 e. The highest BCUT2D eigenvalue weighted by Crippen LogP contribution is 2.16. The first-order chi connectivity index (χ1) is 8.17. The van der Waals surface area contributed by atoms with Crippen molar-refractivity contribution in [2.45, 2.75) is 13.3 Å². The maximum Gasteiger partial charge on any atom is 0.145 e. The molecular formula is C11H20N6. The lowest BCUT2D eigenvalue weighted by Gasteiger charge is -2.13. The summed E-state index contributed by atoms with van der Waals surface area (Å²) >= 11 is 0. The molecular weight excluding hydrogens is 216 g/mol. The SMILES string of the molecule is Cc1nc(NN)cc(NCC2CCN(C)C2)n1. The third kappa shape index (κ3) is 3.28. The summed E-state index contributed by atoms with van der Waals surface area (Å²) in [6, 6.07) is 1.83. The molecule has 1 aliphatic heterocycles. The summed E-state index contributed by atoms with van der Waals surface area (Å²) in [6.07, 6.45) is 1.25. The average molecular weight is 236 g/mol. The highest BCUT2D eigenvalue weighted by molar-refractivity contribution is 5.46. The molecule has 0 radical (unpaired) electrons. The lowest BCUT2D eigenvalue weighted by atomic mass is 10.1. The van der Waals surface area contributed by atoms with Crippen molar-refractivity contribution in [2.75, 3.05) is 37.4 Å². The Morgan fingerprint density at radius 3 is 2.88 bits per heavy atom. The van der Waals surface area contributed by atoms with Gasteiger partial charge in [-0.2, -0.15) is 0 Å². The Labute approximate surface area is 102 Å². The van der Waals surface area contributed by atoms with E-state index >= 15 is 0 Å². The van der Waals surface area contributed by atoms with Gasteiger partial charge in [-0.15, -0.1) is 0 Å². The number of nitrogens with zero attached hydrogens (tertiary/aromatic N) is 3. The topological polar surface area (TPSA) is 79.1 Å². The van der Waals surface area contributed by atoms with E-state index < -0.39 is 0 Å². The fourth-order valence-electron chi connectivity index (χ4n) is 2.17. The number of hydrogen-bond acceptors (Lipinski definition) is 6. The van der Waals surface area contributed by atoms with Crippen LogP contribution in [0.5, 0.6) is 0 Å². The second kappa shape index (κ2) is 5.29. The summed E-state index contributed by atoms with van der Waals surface area (Å²) in [5, 5.41) is 3.35. The van der Waals surface area contributed by atoms with E-state index in [1.807, 2.05) is 13.0 Å². The molecule has 2 heterocycles. The number of nitrogens with one attached hydrogen (secondary N) is 2. The van der Waals surface area contributed by atoms with Gasteiger partial charge in [-0.05, 0) is 32.9 Å². The lowest BCUT2D eigenvalue weighted by Crippen LogP contribution is -2.20. The van der Waals surface area contributed by atoms with Crippen LogP contribution in [-0.2, 0) is 0 Å². The number of anilines is 2. The van der Waals surface area contributed by atoms with E-state index in [2.05, 4.69) is 32.7 Å². The van der Waals surface area contributed by atoms with Crippen LogP contribution in [0.3, 0.4) is 0 Å². The molecule has 4 N–H and O–H groups in total. The van der Waals surface area contributed by atoms with Gasteiger partial charge < -0.3 is 15.6 Å². The Kier molecular flexibility index (Phi) is 3.75. The first kappa shape index (κ1) is 12.1. The van der Waals surface area contributed by atoms with Gasteiger partial charge in [0.05, 0.1) is 0 Å². The third-order valence-corrected chi connectivity index (χ3v) is 3.05. The molecule has 0 saturated carbocycles. The Morgan fingerprint density at radius 1 is 1.47 bits per heavy atom. The molecule has 1 atom stereocenters. The largest absolute Gasteiger partial charge is 0.370 e. The number of aromatic nitrogens is 2. The predicted octanol–water partition coefficient (Wildman–Crippen LogP) is 0.434. The van der Waals surface area contributed by atoms with E-state index in [0.29, 0.717) is 17.6 Å². The molecule has 0 amide bonds. The van der Waals surface area contributed by atoms with Crippen LogP contribution in [0.2, 0.25) is 0 Å². The highest BCUT2D eigenvalue weighted by Gasteiger charge is 2.19. The standard InChI is InChI=1S/C11H20N6/c1-8-14-10(5-11(15-8)16-12)13-6-9-3-4-17(2)7-9/h5,9H,3-4,6-7,12H2,1-2H3,(H2,13,14,15,16). The molecule has 0 aromatic carbocycles. The van der Waals surface area contributed by atoms with E-state index in [1.54, 1.807) is 0 Å². The first-order valence-corrected chi connectivity index (χ1v) is 5.92. The summed E-state index contributed by atoms with van der Waals surface area (Å²) in [5.74, 6) is 8.24. The Balaban J connectivity index is 1.92.